The third-order valence-corrected chi connectivity index (χ3v) is 2.76. The van der Waals surface area contributed by atoms with Gasteiger partial charge in [-0.2, -0.15) is 0 Å². The lowest BCUT2D eigenvalue weighted by Gasteiger charge is -2.06. The number of nitro groups is 1. The third-order valence-electron chi connectivity index (χ3n) is 2.76. The molecule has 0 aliphatic carbocycles. The van der Waals surface area contributed by atoms with Crippen molar-refractivity contribution in [3.8, 4) is 5.75 Å². The second-order valence-electron chi connectivity index (χ2n) is 4.09. The summed E-state index contributed by atoms with van der Waals surface area (Å²) in [5.74, 6) is 1.47. The van der Waals surface area contributed by atoms with Crippen LogP contribution in [-0.2, 0) is 6.54 Å². The van der Waals surface area contributed by atoms with Gasteiger partial charge in [0, 0.05) is 13.3 Å². The Morgan fingerprint density at radius 1 is 1.37 bits per heavy atom. The highest BCUT2D eigenvalue weighted by Crippen LogP contribution is 2.14. The van der Waals surface area contributed by atoms with E-state index < -0.39 is 4.92 Å². The standard InChI is InChI=1S/C13H15N3O3/c1-11-14-10-13(16(17)18)15(11)8-5-9-19-12-6-3-2-4-7-12/h2-4,6-7,10H,5,8-9H2,1H3. The number of nitrogens with zero attached hydrogens (tertiary/aromatic N) is 3. The molecule has 1 aromatic carbocycles. The maximum atomic E-state index is 10.8. The van der Waals surface area contributed by atoms with Crippen molar-refractivity contribution in [2.75, 3.05) is 6.61 Å². The summed E-state index contributed by atoms with van der Waals surface area (Å²) in [6, 6.07) is 9.49. The van der Waals surface area contributed by atoms with Crippen LogP contribution in [0.15, 0.2) is 36.5 Å². The van der Waals surface area contributed by atoms with Crippen molar-refractivity contribution >= 4 is 5.82 Å². The maximum absolute atomic E-state index is 10.8. The number of hydrogen-bond acceptors (Lipinski definition) is 4. The van der Waals surface area contributed by atoms with E-state index >= 15 is 0 Å². The first-order chi connectivity index (χ1) is 9.18. The fourth-order valence-electron chi connectivity index (χ4n) is 1.81. The van der Waals surface area contributed by atoms with Crippen LogP contribution in [0.1, 0.15) is 12.2 Å². The molecule has 0 atom stereocenters. The van der Waals surface area contributed by atoms with Gasteiger partial charge in [0.25, 0.3) is 0 Å². The highest BCUT2D eigenvalue weighted by molar-refractivity contribution is 5.21. The number of benzene rings is 1. The van der Waals surface area contributed by atoms with Crippen LogP contribution in [0.2, 0.25) is 0 Å². The van der Waals surface area contributed by atoms with Crippen LogP contribution in [0.5, 0.6) is 5.75 Å². The van der Waals surface area contributed by atoms with Crippen molar-refractivity contribution in [2.24, 2.45) is 0 Å². The van der Waals surface area contributed by atoms with E-state index in [9.17, 15) is 10.1 Å². The van der Waals surface area contributed by atoms with Crippen LogP contribution in [0.25, 0.3) is 0 Å². The number of para-hydroxylation sites is 1. The van der Waals surface area contributed by atoms with Crippen molar-refractivity contribution < 1.29 is 9.66 Å². The van der Waals surface area contributed by atoms with Crippen LogP contribution < -0.4 is 4.74 Å². The predicted molar refractivity (Wildman–Crippen MR) is 70.2 cm³/mol. The zero-order valence-corrected chi connectivity index (χ0v) is 10.7. The smallest absolute Gasteiger partial charge is 0.342 e. The lowest BCUT2D eigenvalue weighted by atomic mass is 10.3. The molecule has 0 amide bonds. The summed E-state index contributed by atoms with van der Waals surface area (Å²) in [4.78, 5) is 14.3. The Balaban J connectivity index is 1.86. The molecule has 0 saturated heterocycles. The Morgan fingerprint density at radius 3 is 2.79 bits per heavy atom. The van der Waals surface area contributed by atoms with Gasteiger partial charge >= 0.3 is 5.82 Å². The highest BCUT2D eigenvalue weighted by Gasteiger charge is 2.16. The number of aromatic nitrogens is 2. The molecule has 0 aliphatic rings. The average molecular weight is 261 g/mol. The van der Waals surface area contributed by atoms with Gasteiger partial charge in [-0.3, -0.25) is 0 Å². The van der Waals surface area contributed by atoms with E-state index in [-0.39, 0.29) is 5.82 Å². The summed E-state index contributed by atoms with van der Waals surface area (Å²) in [7, 11) is 0. The van der Waals surface area contributed by atoms with Gasteiger partial charge in [0.1, 0.15) is 11.9 Å². The number of imidazole rings is 1. The number of aryl methyl sites for hydroxylation is 1. The normalized spacial score (nSPS) is 10.4. The molecule has 0 saturated carbocycles. The molecule has 1 aromatic heterocycles. The van der Waals surface area contributed by atoms with E-state index in [0.29, 0.717) is 25.4 Å². The summed E-state index contributed by atoms with van der Waals surface area (Å²) in [6.07, 6.45) is 1.97. The summed E-state index contributed by atoms with van der Waals surface area (Å²) in [5, 5.41) is 10.8. The second kappa shape index (κ2) is 5.99. The number of ether oxygens (including phenoxy) is 1. The molecule has 0 aliphatic heterocycles. The lowest BCUT2D eigenvalue weighted by Crippen LogP contribution is -2.08. The van der Waals surface area contributed by atoms with Crippen LogP contribution in [0.3, 0.4) is 0 Å². The quantitative estimate of drug-likeness (QED) is 0.455. The number of hydrogen-bond donors (Lipinski definition) is 0. The molecular formula is C13H15N3O3. The SMILES string of the molecule is Cc1ncc([N+](=O)[O-])n1CCCOc1ccccc1. The summed E-state index contributed by atoms with van der Waals surface area (Å²) in [5.41, 5.74) is 0. The minimum atomic E-state index is -0.419. The highest BCUT2D eigenvalue weighted by atomic mass is 16.6. The predicted octanol–water partition coefficient (Wildman–Crippen LogP) is 2.57. The van der Waals surface area contributed by atoms with Crippen LogP contribution in [0.4, 0.5) is 5.82 Å². The van der Waals surface area contributed by atoms with E-state index in [0.717, 1.165) is 5.75 Å². The fourth-order valence-corrected chi connectivity index (χ4v) is 1.81. The number of rotatable bonds is 6. The van der Waals surface area contributed by atoms with Crippen LogP contribution in [-0.4, -0.2) is 21.1 Å². The first kappa shape index (κ1) is 13.1. The zero-order valence-electron chi connectivity index (χ0n) is 10.7. The Morgan fingerprint density at radius 2 is 2.11 bits per heavy atom. The van der Waals surface area contributed by atoms with Gasteiger partial charge in [-0.25, -0.2) is 9.55 Å². The largest absolute Gasteiger partial charge is 0.493 e. The molecule has 19 heavy (non-hydrogen) atoms. The van der Waals surface area contributed by atoms with Gasteiger partial charge in [0.2, 0.25) is 0 Å². The summed E-state index contributed by atoms with van der Waals surface area (Å²) < 4.78 is 7.13. The molecule has 2 aromatic rings. The molecule has 0 fully saturated rings. The van der Waals surface area contributed by atoms with Gasteiger partial charge in [-0.05, 0) is 17.1 Å². The molecule has 2 rings (SSSR count). The van der Waals surface area contributed by atoms with E-state index in [2.05, 4.69) is 4.98 Å². The van der Waals surface area contributed by atoms with Gasteiger partial charge in [-0.1, -0.05) is 18.2 Å². The maximum Gasteiger partial charge on any atom is 0.342 e. The Labute approximate surface area is 110 Å². The molecule has 0 unspecified atom stereocenters. The van der Waals surface area contributed by atoms with Gasteiger partial charge in [0.15, 0.2) is 5.82 Å². The Hall–Kier alpha value is -2.37. The van der Waals surface area contributed by atoms with Gasteiger partial charge < -0.3 is 14.9 Å². The molecule has 100 valence electrons. The topological polar surface area (TPSA) is 70.2 Å². The monoisotopic (exact) mass is 261 g/mol. The van der Waals surface area contributed by atoms with Crippen molar-refractivity contribution in [3.05, 3.63) is 52.5 Å². The van der Waals surface area contributed by atoms with E-state index in [1.807, 2.05) is 30.3 Å². The molecule has 0 N–H and O–H groups in total. The van der Waals surface area contributed by atoms with E-state index in [1.165, 1.54) is 6.20 Å². The molecule has 0 radical (unpaired) electrons. The van der Waals surface area contributed by atoms with Crippen molar-refractivity contribution in [2.45, 2.75) is 19.9 Å². The Bertz CT molecular complexity index is 552. The lowest BCUT2D eigenvalue weighted by molar-refractivity contribution is -0.392. The second-order valence-corrected chi connectivity index (χ2v) is 4.09. The molecular weight excluding hydrogens is 246 g/mol. The molecule has 1 heterocycles. The molecule has 6 nitrogen and oxygen atoms in total. The zero-order chi connectivity index (χ0) is 13.7. The fraction of sp³-hybridized carbons (Fsp3) is 0.308. The van der Waals surface area contributed by atoms with Gasteiger partial charge in [-0.15, -0.1) is 0 Å². The molecule has 0 spiro atoms. The molecule has 0 bridgehead atoms. The molecule has 6 heteroatoms. The van der Waals surface area contributed by atoms with E-state index in [4.69, 9.17) is 4.74 Å². The minimum absolute atomic E-state index is 0.0252. The summed E-state index contributed by atoms with van der Waals surface area (Å²) >= 11 is 0. The average Bonchev–Trinajstić information content (AvgIpc) is 2.77. The van der Waals surface area contributed by atoms with Crippen LogP contribution >= 0.6 is 0 Å². The van der Waals surface area contributed by atoms with Crippen molar-refractivity contribution in [3.63, 3.8) is 0 Å². The third kappa shape index (κ3) is 3.31. The first-order valence-corrected chi connectivity index (χ1v) is 6.03. The summed E-state index contributed by atoms with van der Waals surface area (Å²) in [6.45, 7) is 2.79. The van der Waals surface area contributed by atoms with Crippen molar-refractivity contribution in [1.82, 2.24) is 9.55 Å². The minimum Gasteiger partial charge on any atom is -0.493 e. The Kier molecular flexibility index (Phi) is 4.12. The first-order valence-electron chi connectivity index (χ1n) is 6.03. The van der Waals surface area contributed by atoms with Crippen molar-refractivity contribution in [1.29, 1.82) is 0 Å². The van der Waals surface area contributed by atoms with Gasteiger partial charge in [0.05, 0.1) is 13.2 Å². The van der Waals surface area contributed by atoms with E-state index in [1.54, 1.807) is 11.5 Å². The van der Waals surface area contributed by atoms with Crippen LogP contribution in [0, 0.1) is 17.0 Å².